The summed E-state index contributed by atoms with van der Waals surface area (Å²) in [6.07, 6.45) is 0. The van der Waals surface area contributed by atoms with Gasteiger partial charge in [-0.1, -0.05) is 11.6 Å². The number of nitrogens with zero attached hydrogens (tertiary/aromatic N) is 1. The molecule has 0 fully saturated rings. The third-order valence-corrected chi connectivity index (χ3v) is 3.62. The lowest BCUT2D eigenvalue weighted by molar-refractivity contribution is 0.515. The van der Waals surface area contributed by atoms with E-state index in [1.165, 1.54) is 6.07 Å². The Labute approximate surface area is 120 Å². The smallest absolute Gasteiger partial charge is 0.186 e. The minimum absolute atomic E-state index is 0.0168. The van der Waals surface area contributed by atoms with Crippen LogP contribution < -0.4 is 0 Å². The molecule has 1 aromatic heterocycles. The second-order valence-electron chi connectivity index (χ2n) is 3.97. The van der Waals surface area contributed by atoms with Gasteiger partial charge in [0.2, 0.25) is 0 Å². The molecule has 0 aliphatic carbocycles. The Morgan fingerprint density at radius 3 is 2.68 bits per heavy atom. The number of nitrogens with one attached hydrogen (secondary N) is 1. The molecule has 0 radical (unpaired) electrons. The van der Waals surface area contributed by atoms with E-state index < -0.39 is 11.6 Å². The van der Waals surface area contributed by atoms with Gasteiger partial charge < -0.3 is 4.98 Å². The van der Waals surface area contributed by atoms with Gasteiger partial charge in [-0.15, -0.1) is 0 Å². The molecule has 0 unspecified atom stereocenters. The molecule has 0 spiro atoms. The summed E-state index contributed by atoms with van der Waals surface area (Å²) in [5.74, 6) is -1.42. The van der Waals surface area contributed by atoms with Crippen LogP contribution in [0.1, 0.15) is 0 Å². The van der Waals surface area contributed by atoms with E-state index in [-0.39, 0.29) is 5.52 Å². The SMILES string of the molecule is Fc1ccc2[nH]c(-c3ccc(Cl)cc3Br)nc2c1F. The molecule has 0 aliphatic rings. The normalized spacial score (nSPS) is 11.2. The molecule has 1 heterocycles. The molecule has 2 aromatic carbocycles. The van der Waals surface area contributed by atoms with Crippen LogP contribution in [-0.2, 0) is 0 Å². The molecule has 19 heavy (non-hydrogen) atoms. The van der Waals surface area contributed by atoms with E-state index in [1.54, 1.807) is 18.2 Å². The molecule has 2 nitrogen and oxygen atoms in total. The van der Waals surface area contributed by atoms with E-state index in [9.17, 15) is 8.78 Å². The minimum Gasteiger partial charge on any atom is -0.338 e. The van der Waals surface area contributed by atoms with Gasteiger partial charge in [0.1, 0.15) is 11.3 Å². The first-order chi connectivity index (χ1) is 9.06. The van der Waals surface area contributed by atoms with Gasteiger partial charge in [0.25, 0.3) is 0 Å². The fourth-order valence-electron chi connectivity index (χ4n) is 1.83. The van der Waals surface area contributed by atoms with Crippen molar-refractivity contribution < 1.29 is 8.78 Å². The lowest BCUT2D eigenvalue weighted by atomic mass is 10.2. The molecule has 1 N–H and O–H groups in total. The molecule has 3 aromatic rings. The van der Waals surface area contributed by atoms with Crippen molar-refractivity contribution in [1.29, 1.82) is 0 Å². The van der Waals surface area contributed by atoms with Crippen LogP contribution >= 0.6 is 27.5 Å². The highest BCUT2D eigenvalue weighted by molar-refractivity contribution is 9.10. The van der Waals surface area contributed by atoms with E-state index in [2.05, 4.69) is 25.9 Å². The summed E-state index contributed by atoms with van der Waals surface area (Å²) in [5, 5.41) is 0.573. The van der Waals surface area contributed by atoms with Crippen molar-refractivity contribution in [3.05, 3.63) is 51.5 Å². The van der Waals surface area contributed by atoms with Crippen molar-refractivity contribution in [1.82, 2.24) is 9.97 Å². The second kappa shape index (κ2) is 4.58. The number of benzene rings is 2. The molecule has 0 aliphatic heterocycles. The summed E-state index contributed by atoms with van der Waals surface area (Å²) >= 11 is 9.22. The minimum atomic E-state index is -0.954. The van der Waals surface area contributed by atoms with Crippen molar-refractivity contribution in [2.45, 2.75) is 0 Å². The maximum atomic E-state index is 13.6. The number of aromatic amines is 1. The molecule has 96 valence electrons. The summed E-state index contributed by atoms with van der Waals surface area (Å²) in [6.45, 7) is 0. The Hall–Kier alpha value is -1.46. The zero-order chi connectivity index (χ0) is 13.6. The highest BCUT2D eigenvalue weighted by atomic mass is 79.9. The number of hydrogen-bond donors (Lipinski definition) is 1. The Morgan fingerprint density at radius 2 is 1.95 bits per heavy atom. The lowest BCUT2D eigenvalue weighted by Gasteiger charge is -2.00. The molecule has 3 rings (SSSR count). The Kier molecular flexibility index (Phi) is 3.03. The molecular weight excluding hydrogens is 338 g/mol. The topological polar surface area (TPSA) is 28.7 Å². The van der Waals surface area contributed by atoms with Gasteiger partial charge in [0, 0.05) is 15.1 Å². The van der Waals surface area contributed by atoms with Crippen molar-refractivity contribution >= 4 is 38.6 Å². The Morgan fingerprint density at radius 1 is 1.16 bits per heavy atom. The number of imidazole rings is 1. The number of fused-ring (bicyclic) bond motifs is 1. The van der Waals surface area contributed by atoms with Crippen molar-refractivity contribution in [2.24, 2.45) is 0 Å². The standard InChI is InChI=1S/C13H6BrClF2N2/c14-8-5-6(15)1-2-7(8)13-18-10-4-3-9(16)11(17)12(10)19-13/h1-5H,(H,18,19). The third-order valence-electron chi connectivity index (χ3n) is 2.73. The fraction of sp³-hybridized carbons (Fsp3) is 0. The highest BCUT2D eigenvalue weighted by Crippen LogP contribution is 2.30. The molecule has 0 saturated carbocycles. The summed E-state index contributed by atoms with van der Waals surface area (Å²) < 4.78 is 27.5. The summed E-state index contributed by atoms with van der Waals surface area (Å²) in [7, 11) is 0. The van der Waals surface area contributed by atoms with Crippen LogP contribution in [0, 0.1) is 11.6 Å². The van der Waals surface area contributed by atoms with Crippen LogP contribution in [0.4, 0.5) is 8.78 Å². The van der Waals surface area contributed by atoms with Crippen LogP contribution in [-0.4, -0.2) is 9.97 Å². The largest absolute Gasteiger partial charge is 0.338 e. The monoisotopic (exact) mass is 342 g/mol. The average molecular weight is 344 g/mol. The van der Waals surface area contributed by atoms with Crippen molar-refractivity contribution in [3.63, 3.8) is 0 Å². The Bertz CT molecular complexity index is 786. The van der Waals surface area contributed by atoms with Crippen molar-refractivity contribution in [3.8, 4) is 11.4 Å². The maximum Gasteiger partial charge on any atom is 0.186 e. The van der Waals surface area contributed by atoms with Gasteiger partial charge in [0.05, 0.1) is 5.52 Å². The highest BCUT2D eigenvalue weighted by Gasteiger charge is 2.14. The molecular formula is C13H6BrClF2N2. The predicted molar refractivity (Wildman–Crippen MR) is 74.2 cm³/mol. The lowest BCUT2D eigenvalue weighted by Crippen LogP contribution is -1.84. The van der Waals surface area contributed by atoms with Crippen molar-refractivity contribution in [2.75, 3.05) is 0 Å². The maximum absolute atomic E-state index is 13.6. The first kappa shape index (κ1) is 12.6. The van der Waals surface area contributed by atoms with E-state index in [4.69, 9.17) is 11.6 Å². The zero-order valence-corrected chi connectivity index (χ0v) is 11.7. The van der Waals surface area contributed by atoms with Crippen LogP contribution in [0.5, 0.6) is 0 Å². The molecule has 0 saturated heterocycles. The summed E-state index contributed by atoms with van der Waals surface area (Å²) in [6, 6.07) is 7.68. The fourth-order valence-corrected chi connectivity index (χ4v) is 2.70. The number of hydrogen-bond acceptors (Lipinski definition) is 1. The van der Waals surface area contributed by atoms with Crippen LogP contribution in [0.25, 0.3) is 22.4 Å². The summed E-state index contributed by atoms with van der Waals surface area (Å²) in [5.41, 5.74) is 1.15. The molecule has 0 bridgehead atoms. The molecule has 0 atom stereocenters. The van der Waals surface area contributed by atoms with E-state index in [0.717, 1.165) is 16.1 Å². The number of halogens is 4. The third kappa shape index (κ3) is 2.13. The van der Waals surface area contributed by atoms with Crippen LogP contribution in [0.15, 0.2) is 34.8 Å². The first-order valence-electron chi connectivity index (χ1n) is 5.35. The van der Waals surface area contributed by atoms with Gasteiger partial charge in [-0.05, 0) is 46.3 Å². The summed E-state index contributed by atoms with van der Waals surface area (Å²) in [4.78, 5) is 7.04. The zero-order valence-electron chi connectivity index (χ0n) is 9.35. The van der Waals surface area contributed by atoms with Gasteiger partial charge in [0.15, 0.2) is 11.6 Å². The average Bonchev–Trinajstić information content (AvgIpc) is 2.78. The molecule has 6 heteroatoms. The van der Waals surface area contributed by atoms with Gasteiger partial charge in [-0.2, -0.15) is 0 Å². The second-order valence-corrected chi connectivity index (χ2v) is 5.26. The number of aromatic nitrogens is 2. The molecule has 0 amide bonds. The number of rotatable bonds is 1. The van der Waals surface area contributed by atoms with Gasteiger partial charge >= 0.3 is 0 Å². The van der Waals surface area contributed by atoms with Crippen LogP contribution in [0.3, 0.4) is 0 Å². The number of H-pyrrole nitrogens is 1. The van der Waals surface area contributed by atoms with Gasteiger partial charge in [-0.3, -0.25) is 0 Å². The van der Waals surface area contributed by atoms with E-state index in [1.807, 2.05) is 0 Å². The van der Waals surface area contributed by atoms with Crippen LogP contribution in [0.2, 0.25) is 5.02 Å². The quantitative estimate of drug-likeness (QED) is 0.667. The van der Waals surface area contributed by atoms with E-state index in [0.29, 0.717) is 16.4 Å². The Balaban J connectivity index is 2.23. The first-order valence-corrected chi connectivity index (χ1v) is 6.52. The predicted octanol–water partition coefficient (Wildman–Crippen LogP) is 4.92. The van der Waals surface area contributed by atoms with E-state index >= 15 is 0 Å². The van der Waals surface area contributed by atoms with Gasteiger partial charge in [-0.25, -0.2) is 13.8 Å².